The fraction of sp³-hybridized carbons (Fsp3) is 0.133. The third-order valence-electron chi connectivity index (χ3n) is 3.36. The highest BCUT2D eigenvalue weighted by molar-refractivity contribution is 6.21. The van der Waals surface area contributed by atoms with Gasteiger partial charge in [0.1, 0.15) is 5.56 Å². The van der Waals surface area contributed by atoms with Crippen molar-refractivity contribution >= 4 is 23.8 Å². The number of benzene rings is 1. The maximum atomic E-state index is 12.3. The summed E-state index contributed by atoms with van der Waals surface area (Å²) < 4.78 is 5.75. The Kier molecular flexibility index (Phi) is 3.60. The number of hydrogen-bond acceptors (Lipinski definition) is 7. The minimum atomic E-state index is -1.07. The Balaban J connectivity index is 1.88. The zero-order valence-corrected chi connectivity index (χ0v) is 12.7. The Morgan fingerprint density at radius 3 is 2.17 bits per heavy atom. The van der Waals surface area contributed by atoms with Gasteiger partial charge in [0.05, 0.1) is 18.2 Å². The van der Waals surface area contributed by atoms with Crippen LogP contribution in [-0.4, -0.2) is 45.7 Å². The second-order valence-corrected chi connectivity index (χ2v) is 4.89. The number of carbonyl (C=O) groups excluding carboxylic acids is 4. The maximum absolute atomic E-state index is 12.3. The number of hydroxylamine groups is 2. The lowest BCUT2D eigenvalue weighted by atomic mass is 10.1. The van der Waals surface area contributed by atoms with Gasteiger partial charge in [0, 0.05) is 13.2 Å². The summed E-state index contributed by atoms with van der Waals surface area (Å²) in [5.74, 6) is -3.43. The molecule has 2 amide bonds. The molecule has 2 aromatic rings. The number of hydrogen-bond donors (Lipinski definition) is 0. The molecule has 0 N–H and O–H groups in total. The van der Waals surface area contributed by atoms with Gasteiger partial charge >= 0.3 is 11.9 Å². The first-order chi connectivity index (χ1) is 11.4. The number of methoxy groups -OCH3 is 1. The molecule has 3 rings (SSSR count). The maximum Gasteiger partial charge on any atom is 0.368 e. The number of nitrogens with zero attached hydrogens (tertiary/aromatic N) is 3. The molecule has 0 unspecified atom stereocenters. The quantitative estimate of drug-likeness (QED) is 0.598. The second kappa shape index (κ2) is 5.61. The standard InChI is InChI=1S/C15H11N3O6/c1-17-7-10(11(16-17)15(22)23-2)14(21)24-18-12(19)8-5-3-4-6-9(8)13(18)20/h3-7H,1-2H3. The van der Waals surface area contributed by atoms with Crippen LogP contribution in [0, 0.1) is 0 Å². The van der Waals surface area contributed by atoms with E-state index < -0.39 is 23.8 Å². The van der Waals surface area contributed by atoms with Crippen molar-refractivity contribution in [2.24, 2.45) is 7.05 Å². The van der Waals surface area contributed by atoms with Crippen molar-refractivity contribution in [2.45, 2.75) is 0 Å². The smallest absolute Gasteiger partial charge is 0.368 e. The molecule has 9 nitrogen and oxygen atoms in total. The van der Waals surface area contributed by atoms with E-state index in [1.807, 2.05) is 0 Å². The normalized spacial score (nSPS) is 13.0. The predicted molar refractivity (Wildman–Crippen MR) is 76.9 cm³/mol. The van der Waals surface area contributed by atoms with Gasteiger partial charge < -0.3 is 9.57 Å². The van der Waals surface area contributed by atoms with Crippen LogP contribution in [-0.2, 0) is 16.6 Å². The minimum absolute atomic E-state index is 0.134. The summed E-state index contributed by atoms with van der Waals surface area (Å²) in [6.45, 7) is 0. The van der Waals surface area contributed by atoms with Gasteiger partial charge in [-0.2, -0.15) is 5.10 Å². The van der Waals surface area contributed by atoms with Gasteiger partial charge in [-0.1, -0.05) is 17.2 Å². The van der Waals surface area contributed by atoms with Gasteiger partial charge in [-0.05, 0) is 12.1 Å². The molecule has 122 valence electrons. The molecule has 0 spiro atoms. The van der Waals surface area contributed by atoms with E-state index >= 15 is 0 Å². The highest BCUT2D eigenvalue weighted by Gasteiger charge is 2.39. The number of aryl methyl sites for hydroxylation is 1. The Morgan fingerprint density at radius 2 is 1.62 bits per heavy atom. The molecule has 0 atom stereocenters. The molecule has 1 aliphatic rings. The summed E-state index contributed by atoms with van der Waals surface area (Å²) in [5.41, 5.74) is -0.230. The van der Waals surface area contributed by atoms with E-state index in [0.717, 1.165) is 7.11 Å². The Labute approximate surface area is 135 Å². The molecule has 0 radical (unpaired) electrons. The molecule has 24 heavy (non-hydrogen) atoms. The molecule has 0 saturated carbocycles. The lowest BCUT2D eigenvalue weighted by molar-refractivity contribution is -0.0585. The number of ether oxygens (including phenoxy) is 1. The summed E-state index contributed by atoms with van der Waals surface area (Å²) in [6, 6.07) is 6.08. The van der Waals surface area contributed by atoms with Crippen LogP contribution in [0.3, 0.4) is 0 Å². The van der Waals surface area contributed by atoms with Gasteiger partial charge in [0.15, 0.2) is 5.69 Å². The molecule has 1 aromatic heterocycles. The number of rotatable bonds is 3. The van der Waals surface area contributed by atoms with Crippen molar-refractivity contribution in [1.29, 1.82) is 0 Å². The van der Waals surface area contributed by atoms with Crippen molar-refractivity contribution in [3.05, 3.63) is 52.8 Å². The van der Waals surface area contributed by atoms with E-state index in [1.165, 1.54) is 30.1 Å². The third-order valence-corrected chi connectivity index (χ3v) is 3.36. The first-order valence-corrected chi connectivity index (χ1v) is 6.76. The summed E-state index contributed by atoms with van der Waals surface area (Å²) in [5, 5.41) is 4.17. The van der Waals surface area contributed by atoms with Crippen LogP contribution in [0.25, 0.3) is 0 Å². The van der Waals surface area contributed by atoms with Crippen LogP contribution in [0.4, 0.5) is 0 Å². The van der Waals surface area contributed by atoms with E-state index in [4.69, 9.17) is 4.84 Å². The zero-order chi connectivity index (χ0) is 17.4. The highest BCUT2D eigenvalue weighted by atomic mass is 16.7. The van der Waals surface area contributed by atoms with Crippen molar-refractivity contribution in [3.63, 3.8) is 0 Å². The van der Waals surface area contributed by atoms with Crippen LogP contribution in [0.15, 0.2) is 30.5 Å². The van der Waals surface area contributed by atoms with E-state index in [1.54, 1.807) is 12.1 Å². The largest absolute Gasteiger partial charge is 0.464 e. The number of aromatic nitrogens is 2. The number of imide groups is 1. The summed E-state index contributed by atoms with van der Waals surface area (Å²) >= 11 is 0. The summed E-state index contributed by atoms with van der Waals surface area (Å²) in [4.78, 5) is 53.1. The Bertz CT molecular complexity index is 850. The Morgan fingerprint density at radius 1 is 1.04 bits per heavy atom. The number of carbonyl (C=O) groups is 4. The average Bonchev–Trinajstić information content (AvgIpc) is 3.08. The van der Waals surface area contributed by atoms with Crippen LogP contribution < -0.4 is 0 Å². The Hall–Kier alpha value is -3.49. The van der Waals surface area contributed by atoms with Crippen molar-refractivity contribution in [3.8, 4) is 0 Å². The molecule has 2 heterocycles. The van der Waals surface area contributed by atoms with E-state index in [0.29, 0.717) is 5.06 Å². The van der Waals surface area contributed by atoms with Crippen LogP contribution in [0.5, 0.6) is 0 Å². The van der Waals surface area contributed by atoms with Crippen molar-refractivity contribution in [2.75, 3.05) is 7.11 Å². The monoisotopic (exact) mass is 329 g/mol. The third kappa shape index (κ3) is 2.32. The van der Waals surface area contributed by atoms with Gasteiger partial charge in [-0.15, -0.1) is 0 Å². The van der Waals surface area contributed by atoms with E-state index in [-0.39, 0.29) is 22.4 Å². The van der Waals surface area contributed by atoms with Gasteiger partial charge in [-0.3, -0.25) is 14.3 Å². The summed E-state index contributed by atoms with van der Waals surface area (Å²) in [7, 11) is 2.63. The lowest BCUT2D eigenvalue weighted by Gasteiger charge is -2.12. The minimum Gasteiger partial charge on any atom is -0.464 e. The first kappa shape index (κ1) is 15.4. The number of fused-ring (bicyclic) bond motifs is 1. The van der Waals surface area contributed by atoms with Gasteiger partial charge in [-0.25, -0.2) is 9.59 Å². The second-order valence-electron chi connectivity index (χ2n) is 4.89. The lowest BCUT2D eigenvalue weighted by Crippen LogP contribution is -2.33. The van der Waals surface area contributed by atoms with Crippen molar-refractivity contribution < 1.29 is 28.8 Å². The fourth-order valence-electron chi connectivity index (χ4n) is 2.27. The molecular weight excluding hydrogens is 318 g/mol. The highest BCUT2D eigenvalue weighted by Crippen LogP contribution is 2.23. The SMILES string of the molecule is COC(=O)c1nn(C)cc1C(=O)ON1C(=O)c2ccccc2C1=O. The molecule has 0 saturated heterocycles. The molecule has 0 fully saturated rings. The van der Waals surface area contributed by atoms with Crippen LogP contribution >= 0.6 is 0 Å². The average molecular weight is 329 g/mol. The fourth-order valence-corrected chi connectivity index (χ4v) is 2.27. The first-order valence-electron chi connectivity index (χ1n) is 6.76. The summed E-state index contributed by atoms with van der Waals surface area (Å²) in [6.07, 6.45) is 1.23. The van der Waals surface area contributed by atoms with Crippen molar-refractivity contribution in [1.82, 2.24) is 14.8 Å². The van der Waals surface area contributed by atoms with Gasteiger partial charge in [0.25, 0.3) is 11.8 Å². The molecule has 0 bridgehead atoms. The molecule has 9 heteroatoms. The molecule has 1 aromatic carbocycles. The van der Waals surface area contributed by atoms with Crippen LogP contribution in [0.2, 0.25) is 0 Å². The van der Waals surface area contributed by atoms with Gasteiger partial charge in [0.2, 0.25) is 0 Å². The van der Waals surface area contributed by atoms with E-state index in [9.17, 15) is 19.2 Å². The molecular formula is C15H11N3O6. The molecule has 1 aliphatic heterocycles. The van der Waals surface area contributed by atoms with E-state index in [2.05, 4.69) is 9.84 Å². The molecule has 0 aliphatic carbocycles. The topological polar surface area (TPSA) is 108 Å². The number of esters is 1. The zero-order valence-electron chi connectivity index (χ0n) is 12.7. The van der Waals surface area contributed by atoms with Crippen LogP contribution in [0.1, 0.15) is 41.6 Å². The predicted octanol–water partition coefficient (Wildman–Crippen LogP) is 0.575. The number of amides is 2.